The van der Waals surface area contributed by atoms with Gasteiger partial charge in [0.2, 0.25) is 20.0 Å². The van der Waals surface area contributed by atoms with Gasteiger partial charge in [0, 0.05) is 25.4 Å². The van der Waals surface area contributed by atoms with Gasteiger partial charge in [-0.2, -0.15) is 0 Å². The molecule has 46 heavy (non-hydrogen) atoms. The van der Waals surface area contributed by atoms with Crippen molar-refractivity contribution in [2.75, 3.05) is 6.54 Å². The molecule has 3 aromatic rings. The first-order chi connectivity index (χ1) is 21.9. The van der Waals surface area contributed by atoms with E-state index in [0.717, 1.165) is 40.7 Å². The van der Waals surface area contributed by atoms with Crippen molar-refractivity contribution in [2.24, 2.45) is 5.92 Å². The summed E-state index contributed by atoms with van der Waals surface area (Å²) in [6, 6.07) is 24.6. The van der Waals surface area contributed by atoms with Crippen LogP contribution in [0.1, 0.15) is 58.1 Å². The van der Waals surface area contributed by atoms with Gasteiger partial charge in [0.05, 0.1) is 4.90 Å². The SMILES string of the molecule is C#CC1(S(=O)(=O)NCCC(C)C)C=CC(c2ccccc2)=CC1.C#CCc1ccc(-c2ccc(S(=O)(=O)NC(C)CC)cc2)cc1. The molecule has 6 nitrogen and oxygen atoms in total. The number of rotatable bonds is 12. The maximum absolute atomic E-state index is 12.6. The minimum atomic E-state index is -3.61. The van der Waals surface area contributed by atoms with E-state index in [4.69, 9.17) is 12.8 Å². The first-order valence-corrected chi connectivity index (χ1v) is 18.4. The number of nitrogens with one attached hydrogen (secondary N) is 2. The fourth-order valence-electron chi connectivity index (χ4n) is 4.64. The first-order valence-electron chi connectivity index (χ1n) is 15.4. The Hall–Kier alpha value is -3.92. The summed E-state index contributed by atoms with van der Waals surface area (Å²) in [4.78, 5) is 0.283. The molecular weight excluding hydrogens is 613 g/mol. The van der Waals surface area contributed by atoms with Crippen LogP contribution in [0.4, 0.5) is 0 Å². The number of terminal acetylenes is 2. The van der Waals surface area contributed by atoms with Crippen LogP contribution in [-0.2, 0) is 26.5 Å². The second-order valence-electron chi connectivity index (χ2n) is 11.7. The van der Waals surface area contributed by atoms with Gasteiger partial charge in [0.15, 0.2) is 4.75 Å². The maximum Gasteiger partial charge on any atom is 0.240 e. The molecule has 1 aliphatic carbocycles. The molecule has 0 aliphatic heterocycles. The van der Waals surface area contributed by atoms with Crippen LogP contribution < -0.4 is 9.44 Å². The van der Waals surface area contributed by atoms with Gasteiger partial charge in [0.1, 0.15) is 0 Å². The number of sulfonamides is 2. The summed E-state index contributed by atoms with van der Waals surface area (Å²) in [7, 11) is -7.07. The largest absolute Gasteiger partial charge is 0.240 e. The topological polar surface area (TPSA) is 92.3 Å². The predicted octanol–water partition coefficient (Wildman–Crippen LogP) is 6.97. The molecule has 2 atom stereocenters. The fraction of sp³-hybridized carbons (Fsp3) is 0.316. The summed E-state index contributed by atoms with van der Waals surface area (Å²) >= 11 is 0. The van der Waals surface area contributed by atoms with Crippen molar-refractivity contribution in [1.29, 1.82) is 0 Å². The Morgan fingerprint density at radius 1 is 0.848 bits per heavy atom. The molecule has 8 heteroatoms. The van der Waals surface area contributed by atoms with Crippen molar-refractivity contribution < 1.29 is 16.8 Å². The third-order valence-electron chi connectivity index (χ3n) is 7.73. The van der Waals surface area contributed by atoms with Crippen molar-refractivity contribution in [1.82, 2.24) is 9.44 Å². The Balaban J connectivity index is 0.000000250. The average molecular weight is 657 g/mol. The second-order valence-corrected chi connectivity index (χ2v) is 15.4. The lowest BCUT2D eigenvalue weighted by Crippen LogP contribution is -2.44. The van der Waals surface area contributed by atoms with Crippen LogP contribution in [0.5, 0.6) is 0 Å². The highest BCUT2D eigenvalue weighted by Gasteiger charge is 2.40. The van der Waals surface area contributed by atoms with E-state index < -0.39 is 24.8 Å². The Kier molecular flexibility index (Phi) is 13.2. The zero-order chi connectivity index (χ0) is 33.8. The highest BCUT2D eigenvalue weighted by Crippen LogP contribution is 2.32. The molecule has 2 N–H and O–H groups in total. The maximum atomic E-state index is 12.6. The summed E-state index contributed by atoms with van der Waals surface area (Å²) in [5.74, 6) is 5.54. The molecule has 4 rings (SSSR count). The minimum absolute atomic E-state index is 0.0802. The summed E-state index contributed by atoms with van der Waals surface area (Å²) < 4.78 is 53.7. The van der Waals surface area contributed by atoms with Crippen LogP contribution in [0.25, 0.3) is 16.7 Å². The van der Waals surface area contributed by atoms with E-state index in [2.05, 4.69) is 35.1 Å². The van der Waals surface area contributed by atoms with Gasteiger partial charge in [-0.25, -0.2) is 26.3 Å². The van der Waals surface area contributed by atoms with Crippen molar-refractivity contribution in [3.63, 3.8) is 0 Å². The molecule has 0 fully saturated rings. The first kappa shape index (κ1) is 36.5. The third kappa shape index (κ3) is 9.79. The van der Waals surface area contributed by atoms with E-state index in [0.29, 0.717) is 18.9 Å². The number of allylic oxidation sites excluding steroid dienone is 3. The van der Waals surface area contributed by atoms with Crippen molar-refractivity contribution in [2.45, 2.75) is 69.1 Å². The van der Waals surface area contributed by atoms with Crippen LogP contribution in [0, 0.1) is 30.6 Å². The Bertz CT molecular complexity index is 1800. The second kappa shape index (κ2) is 16.6. The van der Waals surface area contributed by atoms with Crippen molar-refractivity contribution in [3.8, 4) is 35.8 Å². The lowest BCUT2D eigenvalue weighted by Gasteiger charge is -2.27. The van der Waals surface area contributed by atoms with E-state index >= 15 is 0 Å². The lowest BCUT2D eigenvalue weighted by molar-refractivity contribution is 0.539. The molecule has 0 aromatic heterocycles. The van der Waals surface area contributed by atoms with Gasteiger partial charge in [-0.05, 0) is 71.7 Å². The van der Waals surface area contributed by atoms with Crippen LogP contribution in [0.3, 0.4) is 0 Å². The summed E-state index contributed by atoms with van der Waals surface area (Å²) in [5, 5.41) is 0. The average Bonchev–Trinajstić information content (AvgIpc) is 3.05. The lowest BCUT2D eigenvalue weighted by atomic mass is 9.93. The molecule has 0 saturated carbocycles. The monoisotopic (exact) mass is 656 g/mol. The van der Waals surface area contributed by atoms with E-state index in [1.807, 2.05) is 86.7 Å². The van der Waals surface area contributed by atoms with Gasteiger partial charge in [-0.1, -0.05) is 106 Å². The summed E-state index contributed by atoms with van der Waals surface area (Å²) in [5.41, 5.74) is 5.14. The highest BCUT2D eigenvalue weighted by atomic mass is 32.2. The molecule has 3 aromatic carbocycles. The fourth-order valence-corrected chi connectivity index (χ4v) is 7.31. The van der Waals surface area contributed by atoms with Gasteiger partial charge in [-0.3, -0.25) is 0 Å². The van der Waals surface area contributed by atoms with Crippen LogP contribution in [-0.4, -0.2) is 34.2 Å². The van der Waals surface area contributed by atoms with Gasteiger partial charge in [0.25, 0.3) is 0 Å². The Morgan fingerprint density at radius 3 is 1.96 bits per heavy atom. The zero-order valence-electron chi connectivity index (χ0n) is 27.0. The van der Waals surface area contributed by atoms with E-state index in [9.17, 15) is 16.8 Å². The van der Waals surface area contributed by atoms with Crippen molar-refractivity contribution >= 4 is 25.6 Å². The quantitative estimate of drug-likeness (QED) is 0.206. The normalized spacial score (nSPS) is 16.8. The summed E-state index contributed by atoms with van der Waals surface area (Å²) in [6.45, 7) is 8.32. The molecule has 0 heterocycles. The van der Waals surface area contributed by atoms with Gasteiger partial charge in [-0.15, -0.1) is 18.8 Å². The number of hydrogen-bond acceptors (Lipinski definition) is 4. The minimum Gasteiger partial charge on any atom is -0.214 e. The van der Waals surface area contributed by atoms with E-state index in [1.54, 1.807) is 24.3 Å². The Morgan fingerprint density at radius 2 is 1.46 bits per heavy atom. The number of hydrogen-bond donors (Lipinski definition) is 2. The smallest absolute Gasteiger partial charge is 0.214 e. The molecule has 0 amide bonds. The molecule has 1 aliphatic rings. The van der Waals surface area contributed by atoms with E-state index in [-0.39, 0.29) is 17.4 Å². The van der Waals surface area contributed by atoms with Crippen LogP contribution in [0.2, 0.25) is 0 Å². The van der Waals surface area contributed by atoms with Crippen molar-refractivity contribution in [3.05, 3.63) is 108 Å². The summed E-state index contributed by atoms with van der Waals surface area (Å²) in [6.07, 6.45) is 18.7. The molecular formula is C38H44N2O4S2. The van der Waals surface area contributed by atoms with Crippen LogP contribution in [0.15, 0.2) is 102 Å². The molecule has 2 unspecified atom stereocenters. The molecule has 242 valence electrons. The third-order valence-corrected chi connectivity index (χ3v) is 11.3. The predicted molar refractivity (Wildman–Crippen MR) is 191 cm³/mol. The van der Waals surface area contributed by atoms with Gasteiger partial charge < -0.3 is 0 Å². The zero-order valence-corrected chi connectivity index (χ0v) is 28.7. The molecule has 0 bridgehead atoms. The molecule has 0 spiro atoms. The van der Waals surface area contributed by atoms with Crippen LogP contribution >= 0.6 is 0 Å². The van der Waals surface area contributed by atoms with E-state index in [1.165, 1.54) is 0 Å². The standard InChI is InChI=1S/C19H23NO2S.C19H21NO2S/c1-4-19(23(21,22)20-15-12-16(2)3)13-10-18(11-14-19)17-8-6-5-7-9-17;1-4-6-16-7-9-17(10-8-16)18-11-13-19(14-12-18)23(21,22)20-15(3)5-2/h1,5-11,13,16,20H,12,14-15H2,2-3H3;1,7-15,20H,5-6H2,2-3H3. The molecule has 0 saturated heterocycles. The Labute approximate surface area is 276 Å². The number of benzene rings is 3. The molecule has 0 radical (unpaired) electrons. The van der Waals surface area contributed by atoms with Gasteiger partial charge >= 0.3 is 0 Å². The highest BCUT2D eigenvalue weighted by molar-refractivity contribution is 7.91.